The van der Waals surface area contributed by atoms with Crippen LogP contribution in [-0.4, -0.2) is 17.9 Å². The van der Waals surface area contributed by atoms with Crippen molar-refractivity contribution in [3.05, 3.63) is 76.0 Å². The average molecular weight is 390 g/mol. The summed E-state index contributed by atoms with van der Waals surface area (Å²) >= 11 is 9.49. The van der Waals surface area contributed by atoms with Crippen LogP contribution in [0.4, 0.5) is 5.69 Å². The zero-order valence-electron chi connectivity index (χ0n) is 12.4. The summed E-state index contributed by atoms with van der Waals surface area (Å²) < 4.78 is 8.42. The fourth-order valence-electron chi connectivity index (χ4n) is 2.24. The standard InChI is InChI=1S/C18H14BrClN2O/c1-23-18-9-6-14(20)11-17(18)21-12-16-3-2-10-22(16)15-7-4-13(19)5-8-15/h2-12H,1H3. The topological polar surface area (TPSA) is 26.5 Å². The van der Waals surface area contributed by atoms with Crippen LogP contribution in [-0.2, 0) is 0 Å². The predicted molar refractivity (Wildman–Crippen MR) is 98.7 cm³/mol. The van der Waals surface area contributed by atoms with E-state index >= 15 is 0 Å². The Morgan fingerprint density at radius 2 is 1.91 bits per heavy atom. The lowest BCUT2D eigenvalue weighted by Crippen LogP contribution is -1.97. The van der Waals surface area contributed by atoms with E-state index in [0.717, 1.165) is 15.9 Å². The first-order chi connectivity index (χ1) is 11.2. The number of hydrogen-bond donors (Lipinski definition) is 0. The minimum Gasteiger partial charge on any atom is -0.494 e. The molecule has 23 heavy (non-hydrogen) atoms. The van der Waals surface area contributed by atoms with E-state index in [0.29, 0.717) is 16.5 Å². The van der Waals surface area contributed by atoms with Crippen LogP contribution in [0.2, 0.25) is 5.02 Å². The molecule has 0 fully saturated rings. The second-order valence-electron chi connectivity index (χ2n) is 4.85. The number of ether oxygens (including phenoxy) is 1. The lowest BCUT2D eigenvalue weighted by atomic mass is 10.3. The fraction of sp³-hybridized carbons (Fsp3) is 0.0556. The molecule has 0 amide bonds. The molecule has 0 unspecified atom stereocenters. The molecule has 0 spiro atoms. The first-order valence-electron chi connectivity index (χ1n) is 6.98. The van der Waals surface area contributed by atoms with Gasteiger partial charge in [0, 0.05) is 21.4 Å². The van der Waals surface area contributed by atoms with Gasteiger partial charge in [-0.1, -0.05) is 27.5 Å². The summed E-state index contributed by atoms with van der Waals surface area (Å²) in [4.78, 5) is 4.52. The number of benzene rings is 2. The Morgan fingerprint density at radius 1 is 1.13 bits per heavy atom. The highest BCUT2D eigenvalue weighted by Gasteiger charge is 2.04. The van der Waals surface area contributed by atoms with E-state index in [-0.39, 0.29) is 0 Å². The van der Waals surface area contributed by atoms with Crippen molar-refractivity contribution in [3.63, 3.8) is 0 Å². The molecule has 0 atom stereocenters. The molecule has 2 aromatic carbocycles. The molecule has 3 rings (SSSR count). The lowest BCUT2D eigenvalue weighted by molar-refractivity contribution is 0.416. The van der Waals surface area contributed by atoms with Crippen molar-refractivity contribution in [3.8, 4) is 11.4 Å². The van der Waals surface area contributed by atoms with E-state index in [4.69, 9.17) is 16.3 Å². The SMILES string of the molecule is COc1ccc(Cl)cc1N=Cc1cccn1-c1ccc(Br)cc1. The van der Waals surface area contributed by atoms with E-state index in [1.54, 1.807) is 25.5 Å². The Balaban J connectivity index is 1.94. The van der Waals surface area contributed by atoms with Gasteiger partial charge in [-0.05, 0) is 54.6 Å². The quantitative estimate of drug-likeness (QED) is 0.529. The molecule has 0 saturated heterocycles. The van der Waals surface area contributed by atoms with E-state index < -0.39 is 0 Å². The van der Waals surface area contributed by atoms with Crippen LogP contribution in [0.3, 0.4) is 0 Å². The summed E-state index contributed by atoms with van der Waals surface area (Å²) in [5.74, 6) is 0.687. The highest BCUT2D eigenvalue weighted by molar-refractivity contribution is 9.10. The number of methoxy groups -OCH3 is 1. The Morgan fingerprint density at radius 3 is 2.65 bits per heavy atom. The Labute approximate surface area is 148 Å². The van der Waals surface area contributed by atoms with Gasteiger partial charge in [-0.3, -0.25) is 4.99 Å². The smallest absolute Gasteiger partial charge is 0.144 e. The molecule has 3 aromatic rings. The van der Waals surface area contributed by atoms with E-state index in [1.165, 1.54) is 0 Å². The number of halogens is 2. The van der Waals surface area contributed by atoms with Crippen molar-refractivity contribution < 1.29 is 4.74 Å². The van der Waals surface area contributed by atoms with Crippen molar-refractivity contribution in [2.45, 2.75) is 0 Å². The van der Waals surface area contributed by atoms with Crippen molar-refractivity contribution in [1.82, 2.24) is 4.57 Å². The lowest BCUT2D eigenvalue weighted by Gasteiger charge is -2.07. The van der Waals surface area contributed by atoms with Gasteiger partial charge in [0.1, 0.15) is 11.4 Å². The number of aliphatic imine (C=N–C) groups is 1. The molecule has 0 N–H and O–H groups in total. The van der Waals surface area contributed by atoms with E-state index in [1.807, 2.05) is 48.7 Å². The molecular weight excluding hydrogens is 376 g/mol. The van der Waals surface area contributed by atoms with Crippen LogP contribution in [0.1, 0.15) is 5.69 Å². The second kappa shape index (κ2) is 7.02. The molecule has 1 aromatic heterocycles. The summed E-state index contributed by atoms with van der Waals surface area (Å²) in [5.41, 5.74) is 2.73. The summed E-state index contributed by atoms with van der Waals surface area (Å²) in [5, 5.41) is 0.626. The molecule has 0 saturated carbocycles. The second-order valence-corrected chi connectivity index (χ2v) is 6.21. The maximum Gasteiger partial charge on any atom is 0.144 e. The molecule has 0 aliphatic rings. The minimum absolute atomic E-state index is 0.626. The zero-order valence-corrected chi connectivity index (χ0v) is 14.8. The van der Waals surface area contributed by atoms with Crippen LogP contribution in [0.5, 0.6) is 5.75 Å². The predicted octanol–water partition coefficient (Wildman–Crippen LogP) is 5.65. The molecule has 1 heterocycles. The van der Waals surface area contributed by atoms with Gasteiger partial charge < -0.3 is 9.30 Å². The monoisotopic (exact) mass is 388 g/mol. The summed E-state index contributed by atoms with van der Waals surface area (Å²) in [6.45, 7) is 0. The highest BCUT2D eigenvalue weighted by Crippen LogP contribution is 2.30. The van der Waals surface area contributed by atoms with Gasteiger partial charge in [0.25, 0.3) is 0 Å². The Bertz CT molecular complexity index is 840. The number of aromatic nitrogens is 1. The normalized spacial score (nSPS) is 11.1. The number of rotatable bonds is 4. The molecule has 0 aliphatic heterocycles. The van der Waals surface area contributed by atoms with Crippen LogP contribution in [0.15, 0.2) is 70.3 Å². The summed E-state index contributed by atoms with van der Waals surface area (Å²) in [6, 6.07) is 17.5. The largest absolute Gasteiger partial charge is 0.494 e. The van der Waals surface area contributed by atoms with Gasteiger partial charge in [0.05, 0.1) is 19.0 Å². The number of nitrogens with zero attached hydrogens (tertiary/aromatic N) is 2. The van der Waals surface area contributed by atoms with Crippen LogP contribution in [0, 0.1) is 0 Å². The van der Waals surface area contributed by atoms with Crippen LogP contribution < -0.4 is 4.74 Å². The third kappa shape index (κ3) is 3.66. The van der Waals surface area contributed by atoms with E-state index in [2.05, 4.69) is 25.5 Å². The maximum atomic E-state index is 6.04. The first-order valence-corrected chi connectivity index (χ1v) is 8.15. The highest BCUT2D eigenvalue weighted by atomic mass is 79.9. The van der Waals surface area contributed by atoms with Gasteiger partial charge in [0.15, 0.2) is 0 Å². The molecule has 0 bridgehead atoms. The van der Waals surface area contributed by atoms with Crippen molar-refractivity contribution in [2.24, 2.45) is 4.99 Å². The molecule has 3 nitrogen and oxygen atoms in total. The third-order valence-corrected chi connectivity index (χ3v) is 4.13. The molecular formula is C18H14BrClN2O. The van der Waals surface area contributed by atoms with E-state index in [9.17, 15) is 0 Å². The van der Waals surface area contributed by atoms with Crippen molar-refractivity contribution in [2.75, 3.05) is 7.11 Å². The Kier molecular flexibility index (Phi) is 4.84. The molecule has 116 valence electrons. The average Bonchev–Trinajstić information content (AvgIpc) is 3.02. The van der Waals surface area contributed by atoms with Crippen molar-refractivity contribution >= 4 is 39.4 Å². The number of hydrogen-bond acceptors (Lipinski definition) is 2. The first kappa shape index (κ1) is 15.8. The molecule has 5 heteroatoms. The third-order valence-electron chi connectivity index (χ3n) is 3.36. The Hall–Kier alpha value is -2.04. The van der Waals surface area contributed by atoms with Gasteiger partial charge in [-0.2, -0.15) is 0 Å². The molecule has 0 radical (unpaired) electrons. The maximum absolute atomic E-state index is 6.04. The zero-order chi connectivity index (χ0) is 16.2. The van der Waals surface area contributed by atoms with Gasteiger partial charge in [-0.15, -0.1) is 0 Å². The molecule has 0 aliphatic carbocycles. The summed E-state index contributed by atoms with van der Waals surface area (Å²) in [6.07, 6.45) is 3.80. The van der Waals surface area contributed by atoms with Gasteiger partial charge in [0.2, 0.25) is 0 Å². The van der Waals surface area contributed by atoms with Crippen molar-refractivity contribution in [1.29, 1.82) is 0 Å². The van der Waals surface area contributed by atoms with Gasteiger partial charge >= 0.3 is 0 Å². The fourth-order valence-corrected chi connectivity index (χ4v) is 2.67. The van der Waals surface area contributed by atoms with Crippen LogP contribution >= 0.6 is 27.5 Å². The summed E-state index contributed by atoms with van der Waals surface area (Å²) in [7, 11) is 1.62. The van der Waals surface area contributed by atoms with Crippen LogP contribution in [0.25, 0.3) is 5.69 Å². The minimum atomic E-state index is 0.626. The van der Waals surface area contributed by atoms with Gasteiger partial charge in [-0.25, -0.2) is 0 Å².